The Morgan fingerprint density at radius 1 is 0.786 bits per heavy atom. The van der Waals surface area contributed by atoms with E-state index in [1.807, 2.05) is 42.5 Å². The highest BCUT2D eigenvalue weighted by molar-refractivity contribution is 5.93. The zero-order valence-corrected chi connectivity index (χ0v) is 16.0. The minimum absolute atomic E-state index is 0.0101. The van der Waals surface area contributed by atoms with Crippen LogP contribution in [0.2, 0.25) is 0 Å². The zero-order chi connectivity index (χ0) is 19.2. The fraction of sp³-hybridized carbons (Fsp3) is 0.240. The van der Waals surface area contributed by atoms with Gasteiger partial charge in [0.25, 0.3) is 0 Å². The van der Waals surface area contributed by atoms with E-state index in [2.05, 4.69) is 58.7 Å². The van der Waals surface area contributed by atoms with Gasteiger partial charge in [-0.3, -0.25) is 9.69 Å². The van der Waals surface area contributed by atoms with Crippen molar-refractivity contribution in [1.29, 1.82) is 0 Å². The third kappa shape index (κ3) is 4.68. The average molecular weight is 370 g/mol. The number of nitrogens with one attached hydrogen (secondary N) is 1. The van der Waals surface area contributed by atoms with E-state index >= 15 is 0 Å². The standard InChI is InChI=1S/C25H26N2O/c28-25(26-23-14-8-3-9-15-23)24-19-27(17-21-12-6-2-7-13-21)18-22(24)16-20-10-4-1-5-11-20/h1-15,22,24H,16-19H2,(H,26,28)/t22-,24+/m0/s1. The lowest BCUT2D eigenvalue weighted by atomic mass is 9.89. The topological polar surface area (TPSA) is 32.3 Å². The Bertz CT molecular complexity index is 880. The van der Waals surface area contributed by atoms with Crippen LogP contribution in [0.3, 0.4) is 0 Å². The summed E-state index contributed by atoms with van der Waals surface area (Å²) in [6, 6.07) is 30.8. The van der Waals surface area contributed by atoms with Gasteiger partial charge in [0.1, 0.15) is 0 Å². The van der Waals surface area contributed by atoms with E-state index in [-0.39, 0.29) is 11.8 Å². The first-order valence-corrected chi connectivity index (χ1v) is 9.94. The van der Waals surface area contributed by atoms with Gasteiger partial charge in [0.05, 0.1) is 5.92 Å². The minimum atomic E-state index is -0.0101. The van der Waals surface area contributed by atoms with Crippen LogP contribution in [0.25, 0.3) is 0 Å². The van der Waals surface area contributed by atoms with Gasteiger partial charge >= 0.3 is 0 Å². The summed E-state index contributed by atoms with van der Waals surface area (Å²) in [5, 5.41) is 3.12. The van der Waals surface area contributed by atoms with Gasteiger partial charge in [-0.15, -0.1) is 0 Å². The molecule has 1 amide bonds. The maximum absolute atomic E-state index is 13.1. The Morgan fingerprint density at radius 2 is 1.36 bits per heavy atom. The number of amides is 1. The van der Waals surface area contributed by atoms with Crippen molar-refractivity contribution in [2.75, 3.05) is 18.4 Å². The fourth-order valence-electron chi connectivity index (χ4n) is 4.11. The Balaban J connectivity index is 1.49. The van der Waals surface area contributed by atoms with Crippen molar-refractivity contribution in [2.45, 2.75) is 13.0 Å². The maximum Gasteiger partial charge on any atom is 0.229 e. The van der Waals surface area contributed by atoms with E-state index in [9.17, 15) is 4.79 Å². The highest BCUT2D eigenvalue weighted by Gasteiger charge is 2.37. The third-order valence-electron chi connectivity index (χ3n) is 5.48. The molecule has 1 aliphatic rings. The van der Waals surface area contributed by atoms with Crippen LogP contribution in [-0.2, 0) is 17.8 Å². The molecule has 1 fully saturated rings. The van der Waals surface area contributed by atoms with Gasteiger partial charge in [-0.25, -0.2) is 0 Å². The van der Waals surface area contributed by atoms with Crippen LogP contribution in [-0.4, -0.2) is 23.9 Å². The van der Waals surface area contributed by atoms with E-state index in [1.54, 1.807) is 0 Å². The molecule has 3 nitrogen and oxygen atoms in total. The van der Waals surface area contributed by atoms with Crippen LogP contribution in [0.4, 0.5) is 5.69 Å². The maximum atomic E-state index is 13.1. The highest BCUT2D eigenvalue weighted by Crippen LogP contribution is 2.29. The van der Waals surface area contributed by atoms with Crippen LogP contribution >= 0.6 is 0 Å². The van der Waals surface area contributed by atoms with Gasteiger partial charge in [0.15, 0.2) is 0 Å². The fourth-order valence-corrected chi connectivity index (χ4v) is 4.11. The summed E-state index contributed by atoms with van der Waals surface area (Å²) in [6.07, 6.45) is 0.930. The van der Waals surface area contributed by atoms with Crippen LogP contribution in [0.5, 0.6) is 0 Å². The normalized spacial score (nSPS) is 19.4. The molecule has 1 heterocycles. The van der Waals surface area contributed by atoms with Gasteiger partial charge in [0, 0.05) is 25.3 Å². The molecule has 0 aromatic heterocycles. The smallest absolute Gasteiger partial charge is 0.229 e. The predicted octanol–water partition coefficient (Wildman–Crippen LogP) is 4.62. The first kappa shape index (κ1) is 18.5. The average Bonchev–Trinajstić information content (AvgIpc) is 3.12. The van der Waals surface area contributed by atoms with Crippen LogP contribution in [0, 0.1) is 11.8 Å². The number of para-hydroxylation sites is 1. The van der Waals surface area contributed by atoms with Crippen LogP contribution in [0.1, 0.15) is 11.1 Å². The molecule has 28 heavy (non-hydrogen) atoms. The summed E-state index contributed by atoms with van der Waals surface area (Å²) in [7, 11) is 0. The van der Waals surface area contributed by atoms with Gasteiger partial charge in [0.2, 0.25) is 5.91 Å². The molecule has 0 spiro atoms. The van der Waals surface area contributed by atoms with Crippen molar-refractivity contribution in [3.05, 3.63) is 102 Å². The van der Waals surface area contributed by atoms with E-state index < -0.39 is 0 Å². The van der Waals surface area contributed by atoms with Gasteiger partial charge in [-0.2, -0.15) is 0 Å². The van der Waals surface area contributed by atoms with Crippen molar-refractivity contribution in [3.8, 4) is 0 Å². The van der Waals surface area contributed by atoms with E-state index in [4.69, 9.17) is 0 Å². The number of likely N-dealkylation sites (tertiary alicyclic amines) is 1. The molecule has 0 aliphatic carbocycles. The highest BCUT2D eigenvalue weighted by atomic mass is 16.2. The van der Waals surface area contributed by atoms with E-state index in [0.717, 1.165) is 31.7 Å². The molecule has 0 unspecified atom stereocenters. The van der Waals surface area contributed by atoms with Crippen molar-refractivity contribution in [3.63, 3.8) is 0 Å². The van der Waals surface area contributed by atoms with Gasteiger partial charge < -0.3 is 5.32 Å². The molecule has 0 radical (unpaired) electrons. The lowest BCUT2D eigenvalue weighted by Gasteiger charge is -2.18. The Hall–Kier alpha value is -2.91. The Morgan fingerprint density at radius 3 is 2.00 bits per heavy atom. The molecule has 2 atom stereocenters. The quantitative estimate of drug-likeness (QED) is 0.687. The largest absolute Gasteiger partial charge is 0.326 e. The molecule has 1 N–H and O–H groups in total. The first-order valence-electron chi connectivity index (χ1n) is 9.94. The molecule has 1 aliphatic heterocycles. The summed E-state index contributed by atoms with van der Waals surface area (Å²) in [5.74, 6) is 0.432. The van der Waals surface area contributed by atoms with Crippen molar-refractivity contribution in [2.24, 2.45) is 11.8 Å². The first-order chi connectivity index (χ1) is 13.8. The lowest BCUT2D eigenvalue weighted by Crippen LogP contribution is -2.30. The van der Waals surface area contributed by atoms with Gasteiger partial charge in [-0.05, 0) is 35.6 Å². The van der Waals surface area contributed by atoms with Crippen molar-refractivity contribution in [1.82, 2.24) is 4.90 Å². The number of rotatable bonds is 6. The predicted molar refractivity (Wildman–Crippen MR) is 114 cm³/mol. The number of anilines is 1. The molecule has 142 valence electrons. The molecule has 0 saturated carbocycles. The minimum Gasteiger partial charge on any atom is -0.326 e. The van der Waals surface area contributed by atoms with Crippen molar-refractivity contribution < 1.29 is 4.79 Å². The van der Waals surface area contributed by atoms with Crippen LogP contribution < -0.4 is 5.32 Å². The Labute approximate surface area is 167 Å². The second-order valence-corrected chi connectivity index (χ2v) is 7.59. The summed E-state index contributed by atoms with van der Waals surface area (Å²) in [4.78, 5) is 15.5. The van der Waals surface area contributed by atoms with E-state index in [0.29, 0.717) is 5.92 Å². The third-order valence-corrected chi connectivity index (χ3v) is 5.48. The SMILES string of the molecule is O=C(Nc1ccccc1)[C@@H]1CN(Cc2ccccc2)C[C@@H]1Cc1ccccc1. The Kier molecular flexibility index (Phi) is 5.83. The summed E-state index contributed by atoms with van der Waals surface area (Å²) < 4.78 is 0. The molecule has 3 aromatic carbocycles. The summed E-state index contributed by atoms with van der Waals surface area (Å²) in [6.45, 7) is 2.63. The molecular weight excluding hydrogens is 344 g/mol. The zero-order valence-electron chi connectivity index (χ0n) is 16.0. The molecule has 4 rings (SSSR count). The number of benzene rings is 3. The summed E-state index contributed by atoms with van der Waals surface area (Å²) in [5.41, 5.74) is 3.46. The van der Waals surface area contributed by atoms with Crippen LogP contribution in [0.15, 0.2) is 91.0 Å². The number of carbonyl (C=O) groups excluding carboxylic acids is 1. The molecule has 3 aromatic rings. The van der Waals surface area contributed by atoms with E-state index in [1.165, 1.54) is 11.1 Å². The molecule has 3 heteroatoms. The number of hydrogen-bond donors (Lipinski definition) is 1. The lowest BCUT2D eigenvalue weighted by molar-refractivity contribution is -0.120. The second-order valence-electron chi connectivity index (χ2n) is 7.59. The number of hydrogen-bond acceptors (Lipinski definition) is 2. The second kappa shape index (κ2) is 8.85. The van der Waals surface area contributed by atoms with Crippen molar-refractivity contribution >= 4 is 11.6 Å². The van der Waals surface area contributed by atoms with Gasteiger partial charge in [-0.1, -0.05) is 78.9 Å². The summed E-state index contributed by atoms with van der Waals surface area (Å²) >= 11 is 0. The number of nitrogens with zero attached hydrogens (tertiary/aromatic N) is 1. The number of carbonyl (C=O) groups is 1. The molecule has 1 saturated heterocycles. The molecular formula is C25H26N2O. The molecule has 0 bridgehead atoms. The monoisotopic (exact) mass is 370 g/mol.